The molecule has 4 aromatic heterocycles. The first-order valence-electron chi connectivity index (χ1n) is 9.35. The van der Waals surface area contributed by atoms with Gasteiger partial charge in [-0.1, -0.05) is 23.2 Å². The molecule has 0 N–H and O–H groups in total. The minimum atomic E-state index is -0.548. The Labute approximate surface area is 199 Å². The Morgan fingerprint density at radius 1 is 1.06 bits per heavy atom. The molecule has 1 aromatic carbocycles. The van der Waals surface area contributed by atoms with E-state index in [-0.39, 0.29) is 5.89 Å². The lowest BCUT2D eigenvalue weighted by Crippen LogP contribution is -2.08. The van der Waals surface area contributed by atoms with E-state index in [0.29, 0.717) is 48.3 Å². The zero-order chi connectivity index (χ0) is 22.4. The number of nitrogens with zero attached hydrogens (tertiary/aromatic N) is 5. The Bertz CT molecular complexity index is 1560. The van der Waals surface area contributed by atoms with E-state index in [2.05, 4.69) is 36.0 Å². The summed E-state index contributed by atoms with van der Waals surface area (Å²) in [5.41, 5.74) is 2.34. The Hall–Kier alpha value is -3.07. The van der Waals surface area contributed by atoms with Gasteiger partial charge >= 0.3 is 5.63 Å². The highest BCUT2D eigenvalue weighted by molar-refractivity contribution is 9.10. The first kappa shape index (κ1) is 20.8. The van der Waals surface area contributed by atoms with Crippen molar-refractivity contribution in [1.29, 1.82) is 0 Å². The SMILES string of the molecule is Cc1cc(Cl)cc2c(=O)oc(-c3cc(Br)nn3-c3ncccc3-c3ncccc3Cl)nc12. The van der Waals surface area contributed by atoms with Gasteiger partial charge in [0, 0.05) is 29.0 Å². The van der Waals surface area contributed by atoms with Crippen molar-refractivity contribution in [2.45, 2.75) is 6.92 Å². The Kier molecular flexibility index (Phi) is 5.28. The van der Waals surface area contributed by atoms with Crippen LogP contribution >= 0.6 is 39.1 Å². The lowest BCUT2D eigenvalue weighted by molar-refractivity contribution is 0.513. The molecule has 32 heavy (non-hydrogen) atoms. The molecule has 10 heteroatoms. The van der Waals surface area contributed by atoms with Gasteiger partial charge in [-0.2, -0.15) is 5.10 Å². The first-order valence-corrected chi connectivity index (χ1v) is 10.9. The number of hydrogen-bond acceptors (Lipinski definition) is 6. The highest BCUT2D eigenvalue weighted by Gasteiger charge is 2.21. The summed E-state index contributed by atoms with van der Waals surface area (Å²) in [6.45, 7) is 1.83. The number of fused-ring (bicyclic) bond motifs is 1. The van der Waals surface area contributed by atoms with Crippen LogP contribution in [0.1, 0.15) is 5.56 Å². The first-order chi connectivity index (χ1) is 15.4. The highest BCUT2D eigenvalue weighted by Crippen LogP contribution is 2.33. The van der Waals surface area contributed by atoms with Crippen molar-refractivity contribution in [3.8, 4) is 28.7 Å². The van der Waals surface area contributed by atoms with Crippen LogP contribution in [0.2, 0.25) is 10.0 Å². The predicted octanol–water partition coefficient (Wildman–Crippen LogP) is 5.88. The van der Waals surface area contributed by atoms with Crippen LogP contribution in [0.3, 0.4) is 0 Å². The molecular formula is C22H12BrCl2N5O2. The monoisotopic (exact) mass is 527 g/mol. The number of rotatable bonds is 3. The molecule has 0 saturated heterocycles. The minimum Gasteiger partial charge on any atom is -0.401 e. The third-order valence-corrected chi connectivity index (χ3v) is 5.70. The second kappa shape index (κ2) is 8.12. The number of pyridine rings is 2. The maximum absolute atomic E-state index is 12.7. The van der Waals surface area contributed by atoms with Crippen molar-refractivity contribution >= 4 is 50.0 Å². The van der Waals surface area contributed by atoms with E-state index in [0.717, 1.165) is 5.56 Å². The molecule has 0 atom stereocenters. The molecule has 0 amide bonds. The summed E-state index contributed by atoms with van der Waals surface area (Å²) < 4.78 is 7.60. The summed E-state index contributed by atoms with van der Waals surface area (Å²) in [7, 11) is 0. The second-order valence-electron chi connectivity index (χ2n) is 6.90. The summed E-state index contributed by atoms with van der Waals surface area (Å²) in [6, 6.07) is 12.1. The van der Waals surface area contributed by atoms with Crippen LogP contribution in [0.4, 0.5) is 0 Å². The van der Waals surface area contributed by atoms with Gasteiger partial charge in [-0.3, -0.25) is 4.98 Å². The van der Waals surface area contributed by atoms with E-state index >= 15 is 0 Å². The van der Waals surface area contributed by atoms with Gasteiger partial charge in [0.15, 0.2) is 5.82 Å². The van der Waals surface area contributed by atoms with Gasteiger partial charge in [-0.25, -0.2) is 19.4 Å². The summed E-state index contributed by atoms with van der Waals surface area (Å²) in [5, 5.41) is 5.71. The summed E-state index contributed by atoms with van der Waals surface area (Å²) in [4.78, 5) is 26.2. The third kappa shape index (κ3) is 3.60. The molecule has 0 unspecified atom stereocenters. The molecule has 0 bridgehead atoms. The molecular weight excluding hydrogens is 517 g/mol. The zero-order valence-corrected chi connectivity index (χ0v) is 19.5. The van der Waals surface area contributed by atoms with Crippen LogP contribution in [0.25, 0.3) is 39.6 Å². The van der Waals surface area contributed by atoms with E-state index in [1.807, 2.05) is 13.0 Å². The molecule has 0 saturated carbocycles. The largest absolute Gasteiger partial charge is 0.401 e. The molecule has 5 rings (SSSR count). The number of aromatic nitrogens is 5. The van der Waals surface area contributed by atoms with Gasteiger partial charge in [0.25, 0.3) is 0 Å². The average molecular weight is 529 g/mol. The van der Waals surface area contributed by atoms with Crippen LogP contribution in [0.5, 0.6) is 0 Å². The van der Waals surface area contributed by atoms with Gasteiger partial charge in [-0.05, 0) is 64.8 Å². The summed E-state index contributed by atoms with van der Waals surface area (Å²) in [6.07, 6.45) is 3.28. The topological polar surface area (TPSA) is 86.7 Å². The van der Waals surface area contributed by atoms with Gasteiger partial charge in [-0.15, -0.1) is 0 Å². The Morgan fingerprint density at radius 3 is 2.66 bits per heavy atom. The maximum Gasteiger partial charge on any atom is 0.347 e. The quantitative estimate of drug-likeness (QED) is 0.291. The van der Waals surface area contributed by atoms with E-state index in [1.165, 1.54) is 4.68 Å². The number of halogens is 3. The highest BCUT2D eigenvalue weighted by atomic mass is 79.9. The Balaban J connectivity index is 1.76. The Morgan fingerprint density at radius 2 is 1.84 bits per heavy atom. The van der Waals surface area contributed by atoms with Gasteiger partial charge < -0.3 is 4.42 Å². The molecule has 0 aliphatic heterocycles. The van der Waals surface area contributed by atoms with Gasteiger partial charge in [0.1, 0.15) is 10.3 Å². The van der Waals surface area contributed by atoms with Crippen molar-refractivity contribution in [3.05, 3.63) is 85.5 Å². The van der Waals surface area contributed by atoms with Crippen molar-refractivity contribution < 1.29 is 4.42 Å². The minimum absolute atomic E-state index is 0.0924. The lowest BCUT2D eigenvalue weighted by Gasteiger charge is -2.11. The summed E-state index contributed by atoms with van der Waals surface area (Å²) in [5.74, 6) is 0.543. The van der Waals surface area contributed by atoms with Crippen LogP contribution in [-0.4, -0.2) is 24.7 Å². The summed E-state index contributed by atoms with van der Waals surface area (Å²) >= 11 is 15.9. The fraction of sp³-hybridized carbons (Fsp3) is 0.0455. The molecule has 4 heterocycles. The van der Waals surface area contributed by atoms with Crippen LogP contribution in [0, 0.1) is 6.92 Å². The molecule has 7 nitrogen and oxygen atoms in total. The van der Waals surface area contributed by atoms with Gasteiger partial charge in [0.2, 0.25) is 5.89 Å². The van der Waals surface area contributed by atoms with Crippen LogP contribution < -0.4 is 5.63 Å². The van der Waals surface area contributed by atoms with E-state index in [4.69, 9.17) is 27.6 Å². The lowest BCUT2D eigenvalue weighted by atomic mass is 10.1. The van der Waals surface area contributed by atoms with Crippen LogP contribution in [0.15, 0.2) is 68.7 Å². The standard InChI is InChI=1S/C22H12BrCl2N5O2/c1-11-8-12(24)9-14-18(11)28-21(32-22(14)31)16-10-17(23)29-30(16)20-13(4-2-7-27-20)19-15(25)5-3-6-26-19/h2-10H,1H3. The smallest absolute Gasteiger partial charge is 0.347 e. The number of aryl methyl sites for hydroxylation is 1. The molecule has 0 fully saturated rings. The van der Waals surface area contributed by atoms with Crippen molar-refractivity contribution in [3.63, 3.8) is 0 Å². The van der Waals surface area contributed by atoms with E-state index in [9.17, 15) is 4.79 Å². The predicted molar refractivity (Wildman–Crippen MR) is 126 cm³/mol. The third-order valence-electron chi connectivity index (χ3n) is 4.79. The molecule has 0 spiro atoms. The normalized spacial score (nSPS) is 11.2. The zero-order valence-electron chi connectivity index (χ0n) is 16.4. The number of hydrogen-bond donors (Lipinski definition) is 0. The molecule has 158 valence electrons. The molecule has 5 aromatic rings. The fourth-order valence-corrected chi connectivity index (χ4v) is 4.29. The average Bonchev–Trinajstić information content (AvgIpc) is 3.16. The van der Waals surface area contributed by atoms with Crippen molar-refractivity contribution in [1.82, 2.24) is 24.7 Å². The van der Waals surface area contributed by atoms with Crippen molar-refractivity contribution in [2.24, 2.45) is 0 Å². The van der Waals surface area contributed by atoms with E-state index in [1.54, 1.807) is 48.8 Å². The van der Waals surface area contributed by atoms with Crippen LogP contribution in [-0.2, 0) is 0 Å². The number of benzene rings is 1. The van der Waals surface area contributed by atoms with Gasteiger partial charge in [0.05, 0.1) is 21.6 Å². The molecule has 0 radical (unpaired) electrons. The fourth-order valence-electron chi connectivity index (χ4n) is 3.42. The second-order valence-corrected chi connectivity index (χ2v) is 8.55. The maximum atomic E-state index is 12.7. The van der Waals surface area contributed by atoms with E-state index < -0.39 is 5.63 Å². The van der Waals surface area contributed by atoms with Crippen molar-refractivity contribution in [2.75, 3.05) is 0 Å². The molecule has 0 aliphatic carbocycles. The molecule has 0 aliphatic rings.